The molecule has 0 aliphatic rings. The molecule has 0 aliphatic heterocycles. The molecule has 3 N–H and O–H groups in total. The molecule has 32 heavy (non-hydrogen) atoms. The van der Waals surface area contributed by atoms with Crippen LogP contribution in [0.1, 0.15) is 10.4 Å². The van der Waals surface area contributed by atoms with Crippen molar-refractivity contribution < 1.29 is 24.3 Å². The van der Waals surface area contributed by atoms with Gasteiger partial charge in [0.05, 0.1) is 16.7 Å². The Hall–Kier alpha value is -4.18. The Morgan fingerprint density at radius 2 is 1.66 bits per heavy atom. The third kappa shape index (κ3) is 6.41. The van der Waals surface area contributed by atoms with Gasteiger partial charge in [-0.15, -0.1) is 0 Å². The molecule has 0 aliphatic carbocycles. The number of benzene rings is 3. The molecule has 0 bridgehead atoms. The number of phenols is 1. The second-order valence-corrected chi connectivity index (χ2v) is 6.81. The number of nitrogens with one attached hydrogen (secondary N) is 2. The number of anilines is 1. The van der Waals surface area contributed by atoms with E-state index in [1.807, 2.05) is 30.3 Å². The number of hydrogen-bond donors (Lipinski definition) is 3. The largest absolute Gasteiger partial charge is 0.506 e. The number of ether oxygens (including phenoxy) is 2. The predicted octanol–water partition coefficient (Wildman–Crippen LogP) is 3.89. The van der Waals surface area contributed by atoms with Crippen LogP contribution in [0.3, 0.4) is 0 Å². The van der Waals surface area contributed by atoms with Gasteiger partial charge in [0.15, 0.2) is 5.11 Å². The summed E-state index contributed by atoms with van der Waals surface area (Å²) < 4.78 is 11.2. The van der Waals surface area contributed by atoms with Gasteiger partial charge in [0.2, 0.25) is 0 Å². The van der Waals surface area contributed by atoms with Crippen molar-refractivity contribution in [3.8, 4) is 17.2 Å². The molecule has 10 heteroatoms. The van der Waals surface area contributed by atoms with Crippen molar-refractivity contribution in [3.63, 3.8) is 0 Å². The Balaban J connectivity index is 1.51. The van der Waals surface area contributed by atoms with Crippen LogP contribution >= 0.6 is 12.2 Å². The topological polar surface area (TPSA) is 123 Å². The zero-order valence-corrected chi connectivity index (χ0v) is 17.5. The van der Waals surface area contributed by atoms with Crippen LogP contribution in [0.25, 0.3) is 0 Å². The van der Waals surface area contributed by atoms with Crippen molar-refractivity contribution in [3.05, 3.63) is 88.5 Å². The number of phenolic OH excluding ortho intramolecular Hbond substituents is 1. The maximum Gasteiger partial charge on any atom is 0.273 e. The number of nitrogens with zero attached hydrogens (tertiary/aromatic N) is 1. The van der Waals surface area contributed by atoms with Crippen molar-refractivity contribution in [1.82, 2.24) is 5.32 Å². The van der Waals surface area contributed by atoms with Gasteiger partial charge in [-0.3, -0.25) is 20.2 Å². The summed E-state index contributed by atoms with van der Waals surface area (Å²) in [4.78, 5) is 22.6. The number of carbonyl (C=O) groups is 1. The Kier molecular flexibility index (Phi) is 7.55. The normalized spacial score (nSPS) is 10.1. The highest BCUT2D eigenvalue weighted by atomic mass is 32.1. The monoisotopic (exact) mass is 453 g/mol. The van der Waals surface area contributed by atoms with Crippen LogP contribution in [-0.2, 0) is 0 Å². The van der Waals surface area contributed by atoms with Gasteiger partial charge in [-0.25, -0.2) is 0 Å². The lowest BCUT2D eigenvalue weighted by Gasteiger charge is -2.12. The number of non-ortho nitro benzene ring substituents is 1. The van der Waals surface area contributed by atoms with Gasteiger partial charge in [0.25, 0.3) is 11.6 Å². The molecule has 0 radical (unpaired) electrons. The van der Waals surface area contributed by atoms with Gasteiger partial charge in [-0.2, -0.15) is 0 Å². The van der Waals surface area contributed by atoms with E-state index >= 15 is 0 Å². The highest BCUT2D eigenvalue weighted by molar-refractivity contribution is 7.80. The third-order valence-corrected chi connectivity index (χ3v) is 4.33. The van der Waals surface area contributed by atoms with Crippen molar-refractivity contribution in [2.45, 2.75) is 0 Å². The van der Waals surface area contributed by atoms with Crippen molar-refractivity contribution in [2.75, 3.05) is 18.5 Å². The summed E-state index contributed by atoms with van der Waals surface area (Å²) in [6.07, 6.45) is 0. The molecule has 164 valence electrons. The minimum absolute atomic E-state index is 0.0817. The first-order valence-corrected chi connectivity index (χ1v) is 9.83. The first-order chi connectivity index (χ1) is 15.4. The SMILES string of the molecule is O=C(NC(=S)Nc1ccc([N+](=O)[O-])cc1O)c1cccc(OCCOc2ccccc2)c1. The van der Waals surface area contributed by atoms with E-state index in [0.29, 0.717) is 24.5 Å². The number of hydrogen-bond acceptors (Lipinski definition) is 7. The van der Waals surface area contributed by atoms with Crippen molar-refractivity contribution >= 4 is 34.6 Å². The van der Waals surface area contributed by atoms with Gasteiger partial charge in [0.1, 0.15) is 30.5 Å². The molecular weight excluding hydrogens is 434 g/mol. The maximum absolute atomic E-state index is 12.5. The van der Waals surface area contributed by atoms with E-state index in [1.54, 1.807) is 24.3 Å². The number of rotatable bonds is 8. The quantitative estimate of drug-likeness (QED) is 0.154. The van der Waals surface area contributed by atoms with Gasteiger partial charge < -0.3 is 19.9 Å². The standard InChI is InChI=1S/C22H19N3O6S/c26-20-14-16(25(28)29)9-10-19(20)23-22(32)24-21(27)15-5-4-8-18(13-15)31-12-11-30-17-6-2-1-3-7-17/h1-10,13-14,26H,11-12H2,(H2,23,24,27,32). The number of thiocarbonyl (C=S) groups is 1. The molecule has 0 fully saturated rings. The number of amides is 1. The van der Waals surface area contributed by atoms with E-state index in [1.165, 1.54) is 12.1 Å². The van der Waals surface area contributed by atoms with E-state index in [-0.39, 0.29) is 22.2 Å². The van der Waals surface area contributed by atoms with Crippen LogP contribution in [0.5, 0.6) is 17.2 Å². The smallest absolute Gasteiger partial charge is 0.273 e. The lowest BCUT2D eigenvalue weighted by Crippen LogP contribution is -2.34. The Labute approximate surface area is 188 Å². The molecular formula is C22H19N3O6S. The van der Waals surface area contributed by atoms with Crippen LogP contribution in [0, 0.1) is 10.1 Å². The number of nitro groups is 1. The zero-order chi connectivity index (χ0) is 22.9. The highest BCUT2D eigenvalue weighted by Crippen LogP contribution is 2.27. The zero-order valence-electron chi connectivity index (χ0n) is 16.7. The van der Waals surface area contributed by atoms with Crippen molar-refractivity contribution in [2.24, 2.45) is 0 Å². The molecule has 0 aromatic heterocycles. The van der Waals surface area contributed by atoms with Crippen LogP contribution in [0.15, 0.2) is 72.8 Å². The van der Waals surface area contributed by atoms with Gasteiger partial charge in [-0.05, 0) is 48.6 Å². The van der Waals surface area contributed by atoms with Crippen LogP contribution < -0.4 is 20.1 Å². The minimum atomic E-state index is -0.632. The van der Waals surface area contributed by atoms with Gasteiger partial charge in [-0.1, -0.05) is 24.3 Å². The molecule has 0 atom stereocenters. The van der Waals surface area contributed by atoms with E-state index in [2.05, 4.69) is 10.6 Å². The van der Waals surface area contributed by atoms with Crippen molar-refractivity contribution in [1.29, 1.82) is 0 Å². The Morgan fingerprint density at radius 3 is 2.34 bits per heavy atom. The first-order valence-electron chi connectivity index (χ1n) is 9.43. The fourth-order valence-electron chi connectivity index (χ4n) is 2.63. The minimum Gasteiger partial charge on any atom is -0.506 e. The highest BCUT2D eigenvalue weighted by Gasteiger charge is 2.13. The van der Waals surface area contributed by atoms with E-state index in [4.69, 9.17) is 21.7 Å². The predicted molar refractivity (Wildman–Crippen MR) is 122 cm³/mol. The summed E-state index contributed by atoms with van der Waals surface area (Å²) in [6, 6.07) is 19.3. The molecule has 3 rings (SSSR count). The second-order valence-electron chi connectivity index (χ2n) is 6.40. The number of aromatic hydroxyl groups is 1. The van der Waals surface area contributed by atoms with Gasteiger partial charge >= 0.3 is 0 Å². The maximum atomic E-state index is 12.5. The van der Waals surface area contributed by atoms with Crippen LogP contribution in [0.2, 0.25) is 0 Å². The lowest BCUT2D eigenvalue weighted by atomic mass is 10.2. The summed E-state index contributed by atoms with van der Waals surface area (Å²) in [5.41, 5.74) is 0.161. The molecule has 0 saturated heterocycles. The summed E-state index contributed by atoms with van der Waals surface area (Å²) in [7, 11) is 0. The average Bonchev–Trinajstić information content (AvgIpc) is 2.79. The number of carbonyl (C=O) groups excluding carboxylic acids is 1. The molecule has 1 amide bonds. The lowest BCUT2D eigenvalue weighted by molar-refractivity contribution is -0.384. The Bertz CT molecular complexity index is 1120. The molecule has 3 aromatic carbocycles. The summed E-state index contributed by atoms with van der Waals surface area (Å²) in [5, 5.41) is 25.7. The average molecular weight is 453 g/mol. The molecule has 0 spiro atoms. The molecule has 0 unspecified atom stereocenters. The van der Waals surface area contributed by atoms with E-state index in [0.717, 1.165) is 11.8 Å². The molecule has 0 heterocycles. The Morgan fingerprint density at radius 1 is 0.969 bits per heavy atom. The fourth-order valence-corrected chi connectivity index (χ4v) is 2.83. The summed E-state index contributed by atoms with van der Waals surface area (Å²) in [6.45, 7) is 0.631. The summed E-state index contributed by atoms with van der Waals surface area (Å²) >= 11 is 5.09. The second kappa shape index (κ2) is 10.7. The number of para-hydroxylation sites is 1. The third-order valence-electron chi connectivity index (χ3n) is 4.13. The number of nitro benzene ring substituents is 1. The summed E-state index contributed by atoms with van der Waals surface area (Å²) in [5.74, 6) is 0.365. The fraction of sp³-hybridized carbons (Fsp3) is 0.0909. The van der Waals surface area contributed by atoms with Gasteiger partial charge in [0, 0.05) is 11.6 Å². The molecule has 3 aromatic rings. The van der Waals surface area contributed by atoms with E-state index in [9.17, 15) is 20.0 Å². The van der Waals surface area contributed by atoms with Crippen LogP contribution in [-0.4, -0.2) is 34.3 Å². The van der Waals surface area contributed by atoms with E-state index < -0.39 is 10.8 Å². The van der Waals surface area contributed by atoms with Crippen LogP contribution in [0.4, 0.5) is 11.4 Å². The molecule has 0 saturated carbocycles. The molecule has 9 nitrogen and oxygen atoms in total. The first kappa shape index (κ1) is 22.5.